The maximum atomic E-state index is 14.8. The molecule has 0 radical (unpaired) electrons. The maximum absolute atomic E-state index is 14.8. The number of ketones is 2. The largest absolute Gasteiger partial charge is 0.488 e. The quantitative estimate of drug-likeness (QED) is 0.0472. The van der Waals surface area contributed by atoms with Crippen molar-refractivity contribution >= 4 is 88.7 Å². The number of carbonyl (C=O) groups excluding carboxylic acids is 8. The fraction of sp³-hybridized carbons (Fsp3) is 0.643. The summed E-state index contributed by atoms with van der Waals surface area (Å²) in [7, 11) is -7.86. The molecule has 6 heterocycles. The number of allylic oxidation sites excluding steroid dienone is 4. The Balaban J connectivity index is 0.000000202. The standard InChI is InChI=1S/2C42H52F3N3O9S/c2*1-24-9-5-6-10-26-20-41(26,39(52)47-58(53,54)29-15-16-29)21-34(49)33-18-28(56-37-31-12-8-7-11-30(31)35(22-46-37)55-27-13-14-27)23-48(33)38(51)32(25(2)17-24)19-36(50)57-40(3,4)42(43,44)45/h2*6-8,10-12,22,24-29,32-33H,5,9,13-21,23H2,1-4H3,(H,47,52)/b2*10-6-/t24-,25+,26+,28+,32-,33-,41+;24-,25-,26-,28-,32+,33+,41-/m01/s1. The zero-order chi connectivity index (χ0) is 83.6. The molecule has 0 spiro atoms. The molecule has 2 saturated heterocycles. The van der Waals surface area contributed by atoms with Crippen molar-refractivity contribution in [3.63, 3.8) is 0 Å². The number of rotatable bonds is 20. The van der Waals surface area contributed by atoms with Gasteiger partial charge in [-0.25, -0.2) is 26.8 Å². The number of hydrogen-bond donors (Lipinski definition) is 2. The Labute approximate surface area is 671 Å². The van der Waals surface area contributed by atoms with Gasteiger partial charge in [-0.3, -0.25) is 47.8 Å². The number of halogens is 6. The maximum Gasteiger partial charge on any atom is 0.427 e. The highest BCUT2D eigenvalue weighted by Crippen LogP contribution is 2.59. The number of nitrogens with zero attached hydrogens (tertiary/aromatic N) is 4. The van der Waals surface area contributed by atoms with Crippen molar-refractivity contribution in [2.75, 3.05) is 13.1 Å². The summed E-state index contributed by atoms with van der Waals surface area (Å²) in [5.41, 5.74) is -8.33. The molecule has 2 N–H and O–H groups in total. The molecule has 32 heteroatoms. The van der Waals surface area contributed by atoms with E-state index < -0.39 is 185 Å². The average molecular weight is 1660 g/mol. The minimum atomic E-state index is -4.86. The first-order valence-corrected chi connectivity index (χ1v) is 43.8. The van der Waals surface area contributed by atoms with Crippen molar-refractivity contribution < 1.29 is 110 Å². The predicted molar refractivity (Wildman–Crippen MR) is 412 cm³/mol. The molecule has 0 unspecified atom stereocenters. The molecule has 2 aromatic carbocycles. The number of benzene rings is 2. The number of hydrogen-bond acceptors (Lipinski definition) is 20. The van der Waals surface area contributed by atoms with Crippen LogP contribution in [0.3, 0.4) is 0 Å². The van der Waals surface area contributed by atoms with Crippen molar-refractivity contribution in [1.29, 1.82) is 0 Å². The van der Waals surface area contributed by atoms with Gasteiger partial charge in [-0.2, -0.15) is 26.3 Å². The first kappa shape index (κ1) is 85.5. The van der Waals surface area contributed by atoms with Crippen LogP contribution in [-0.2, 0) is 67.9 Å². The van der Waals surface area contributed by atoms with E-state index in [1.807, 2.05) is 86.7 Å². The molecule has 14 atom stereocenters. The van der Waals surface area contributed by atoms with Gasteiger partial charge in [-0.1, -0.05) is 88.4 Å². The third kappa shape index (κ3) is 19.5. The smallest absolute Gasteiger partial charge is 0.427 e. The highest BCUT2D eigenvalue weighted by Gasteiger charge is 2.64. The van der Waals surface area contributed by atoms with E-state index in [2.05, 4.69) is 19.4 Å². The van der Waals surface area contributed by atoms with Gasteiger partial charge in [0.2, 0.25) is 66.6 Å². The van der Waals surface area contributed by atoms with E-state index >= 15 is 0 Å². The van der Waals surface area contributed by atoms with Gasteiger partial charge in [0.05, 0.1) is 95.8 Å². The van der Waals surface area contributed by atoms with E-state index in [9.17, 15) is 81.5 Å². The molecule has 0 bridgehead atoms. The second-order valence-electron chi connectivity index (χ2n) is 35.3. The Bertz CT molecular complexity index is 4460. The predicted octanol–water partition coefficient (Wildman–Crippen LogP) is 13.2. The summed E-state index contributed by atoms with van der Waals surface area (Å²) in [5, 5.41) is 1.52. The molecule has 6 aliphatic carbocycles. The van der Waals surface area contributed by atoms with Crippen LogP contribution in [0.1, 0.15) is 197 Å². The summed E-state index contributed by atoms with van der Waals surface area (Å²) < 4.78 is 174. The van der Waals surface area contributed by atoms with Crippen LogP contribution in [0.4, 0.5) is 26.3 Å². The van der Waals surface area contributed by atoms with Crippen LogP contribution in [0, 0.1) is 58.2 Å². The molecule has 4 aromatic rings. The minimum Gasteiger partial charge on any atom is -0.488 e. The van der Waals surface area contributed by atoms with E-state index in [0.29, 0.717) is 86.5 Å². The van der Waals surface area contributed by atoms with Crippen LogP contribution < -0.4 is 28.4 Å². The summed E-state index contributed by atoms with van der Waals surface area (Å²) in [4.78, 5) is 125. The van der Waals surface area contributed by atoms with Gasteiger partial charge in [0.15, 0.2) is 11.6 Å². The fourth-order valence-corrected chi connectivity index (χ4v) is 19.6. The van der Waals surface area contributed by atoms with Crippen LogP contribution in [0.5, 0.6) is 23.3 Å². The highest BCUT2D eigenvalue weighted by atomic mass is 32.2. The molecule has 116 heavy (non-hydrogen) atoms. The van der Waals surface area contributed by atoms with Crippen molar-refractivity contribution in [2.24, 2.45) is 58.2 Å². The number of ether oxygens (including phenoxy) is 6. The first-order chi connectivity index (χ1) is 54.6. The van der Waals surface area contributed by atoms with Crippen LogP contribution in [0.15, 0.2) is 85.2 Å². The number of aromatic nitrogens is 2. The van der Waals surface area contributed by atoms with Crippen LogP contribution in [0.2, 0.25) is 0 Å². The van der Waals surface area contributed by atoms with Gasteiger partial charge in [-0.15, -0.1) is 0 Å². The topological polar surface area (TPSA) is 317 Å². The lowest BCUT2D eigenvalue weighted by atomic mass is 9.82. The lowest BCUT2D eigenvalue weighted by Gasteiger charge is -2.33. The lowest BCUT2D eigenvalue weighted by Crippen LogP contribution is -2.48. The van der Waals surface area contributed by atoms with Gasteiger partial charge in [0.1, 0.15) is 23.7 Å². The van der Waals surface area contributed by atoms with Gasteiger partial charge in [-0.05, 0) is 178 Å². The highest BCUT2D eigenvalue weighted by molar-refractivity contribution is 7.91. The number of pyridine rings is 2. The third-order valence-electron chi connectivity index (χ3n) is 24.8. The average Bonchev–Trinajstić information content (AvgIpc) is 1.57. The van der Waals surface area contributed by atoms with Crippen LogP contribution >= 0.6 is 0 Å². The summed E-state index contributed by atoms with van der Waals surface area (Å²) >= 11 is 0. The van der Waals surface area contributed by atoms with E-state index in [-0.39, 0.29) is 87.4 Å². The molecule has 4 aliphatic heterocycles. The third-order valence-corrected chi connectivity index (χ3v) is 28.5. The molecule has 2 aromatic heterocycles. The SMILES string of the molecule is C[C@@H]1CC/C=C\[C@@H]2C[C@@]2(C(=O)NS(=O)(=O)C2CC2)CC(=O)[C@@H]2C[C@@H](Oc3ncc(OC4CC4)c4ccccc34)CN2C(=O)[C@@H](CC(=O)OC(C)(C)C(F)(F)F)[C@H](C)C1.C[C@H]1CC/C=C\[C@@H]2C[C@@]2(C(=O)NS(=O)(=O)C2CC2)CC(=O)[C@@H]2C[C@@H](Oc3ncc(OC4CC4)c4ccccc34)CN2C(=O)[C@@H](CC(=O)OC(C)(C)C(F)(F)F)[C@H](C)C1. The van der Waals surface area contributed by atoms with Crippen molar-refractivity contribution in [1.82, 2.24) is 29.2 Å². The zero-order valence-electron chi connectivity index (χ0n) is 66.5. The second kappa shape index (κ2) is 33.1. The molecule has 8 fully saturated rings. The fourth-order valence-electron chi connectivity index (χ4n) is 16.8. The summed E-state index contributed by atoms with van der Waals surface area (Å²) in [6, 6.07) is 12.5. The number of esters is 2. The normalized spacial score (nSPS) is 30.4. The second-order valence-corrected chi connectivity index (χ2v) is 39.3. The monoisotopic (exact) mass is 1660 g/mol. The van der Waals surface area contributed by atoms with Gasteiger partial charge in [0.25, 0.3) is 0 Å². The van der Waals surface area contributed by atoms with Crippen LogP contribution in [-0.4, -0.2) is 167 Å². The summed E-state index contributed by atoms with van der Waals surface area (Å²) in [5.74, 6) is -8.51. The number of alkyl halides is 6. The number of amides is 4. The molecule has 24 nitrogen and oxygen atoms in total. The van der Waals surface area contributed by atoms with E-state index in [1.165, 1.54) is 9.80 Å². The van der Waals surface area contributed by atoms with Crippen molar-refractivity contribution in [3.05, 3.63) is 85.2 Å². The summed E-state index contributed by atoms with van der Waals surface area (Å²) in [6.45, 7) is 10.2. The minimum absolute atomic E-state index is 0.0114. The molecule has 10 aliphatic rings. The number of nitrogens with one attached hydrogen (secondary N) is 2. The summed E-state index contributed by atoms with van der Waals surface area (Å²) in [6.07, 6.45) is 7.06. The first-order valence-electron chi connectivity index (χ1n) is 40.7. The van der Waals surface area contributed by atoms with Gasteiger partial charge >= 0.3 is 24.3 Å². The van der Waals surface area contributed by atoms with E-state index in [4.69, 9.17) is 28.4 Å². The Morgan fingerprint density at radius 2 is 0.845 bits per heavy atom. The molecule has 4 amide bonds. The lowest BCUT2D eigenvalue weighted by molar-refractivity contribution is -0.257. The van der Waals surface area contributed by atoms with Gasteiger partial charge in [0, 0.05) is 47.2 Å². The Morgan fingerprint density at radius 1 is 0.491 bits per heavy atom. The Hall–Kier alpha value is -8.42. The van der Waals surface area contributed by atoms with E-state index in [0.717, 1.165) is 64.2 Å². The van der Waals surface area contributed by atoms with Crippen molar-refractivity contribution in [2.45, 2.75) is 267 Å². The van der Waals surface area contributed by atoms with Crippen molar-refractivity contribution in [3.8, 4) is 23.3 Å². The number of carbonyl (C=O) groups is 8. The number of Topliss-reactive ketones (excluding diaryl/α,β-unsaturated/α-hetero) is 2. The van der Waals surface area contributed by atoms with Gasteiger partial charge < -0.3 is 38.2 Å². The zero-order valence-corrected chi connectivity index (χ0v) is 68.1. The molecular weight excluding hydrogens is 1560 g/mol. The Kier molecular flexibility index (Phi) is 24.4. The van der Waals surface area contributed by atoms with Crippen LogP contribution in [0.25, 0.3) is 21.5 Å². The molecular formula is C84H104F6N6O18S2. The molecule has 14 rings (SSSR count). The number of sulfonamides is 2. The Morgan fingerprint density at radius 3 is 1.18 bits per heavy atom. The molecule has 6 saturated carbocycles. The number of fused-ring (bicyclic) bond motifs is 6. The van der Waals surface area contributed by atoms with E-state index in [1.54, 1.807) is 26.2 Å². The molecule has 632 valence electrons.